The van der Waals surface area contributed by atoms with E-state index in [0.717, 1.165) is 0 Å². The molecule has 0 fully saturated rings. The number of benzene rings is 2. The summed E-state index contributed by atoms with van der Waals surface area (Å²) < 4.78 is 19.7. The Morgan fingerprint density at radius 1 is 1.07 bits per heavy atom. The molecular formula is C19H11Cl4FN2O4. The van der Waals surface area contributed by atoms with Gasteiger partial charge in [-0.3, -0.25) is 4.79 Å². The molecule has 30 heavy (non-hydrogen) atoms. The van der Waals surface area contributed by atoms with Crippen LogP contribution in [0.4, 0.5) is 10.2 Å². The molecular weight excluding hydrogens is 481 g/mol. The number of phenolic OH excluding ortho intramolecular Hbond substituents is 1. The highest BCUT2D eigenvalue weighted by Gasteiger charge is 2.21. The van der Waals surface area contributed by atoms with Gasteiger partial charge in [0.25, 0.3) is 0 Å². The summed E-state index contributed by atoms with van der Waals surface area (Å²) in [4.78, 5) is 14.2. The third-order valence-corrected chi connectivity index (χ3v) is 4.88. The van der Waals surface area contributed by atoms with Gasteiger partial charge in [-0.05, 0) is 42.0 Å². The number of pyridine rings is 1. The molecule has 0 atom stereocenters. The van der Waals surface area contributed by atoms with Crippen molar-refractivity contribution in [3.8, 4) is 28.4 Å². The summed E-state index contributed by atoms with van der Waals surface area (Å²) in [6.07, 6.45) is 0. The van der Waals surface area contributed by atoms with E-state index in [1.807, 2.05) is 0 Å². The molecule has 1 heterocycles. The number of phenols is 1. The predicted molar refractivity (Wildman–Crippen MR) is 114 cm³/mol. The zero-order chi connectivity index (χ0) is 22.0. The topological polar surface area (TPSA) is 91.7 Å². The second-order valence-corrected chi connectivity index (χ2v) is 7.52. The minimum absolute atomic E-state index is 0.0809. The normalized spacial score (nSPS) is 10.7. The lowest BCUT2D eigenvalue weighted by molar-refractivity contribution is -0.134. The summed E-state index contributed by atoms with van der Waals surface area (Å²) in [5, 5.41) is 21.4. The van der Waals surface area contributed by atoms with Crippen molar-refractivity contribution in [1.29, 1.82) is 0 Å². The van der Waals surface area contributed by atoms with Crippen LogP contribution in [0, 0.1) is 5.95 Å². The molecule has 3 rings (SSSR count). The third kappa shape index (κ3) is 4.99. The van der Waals surface area contributed by atoms with E-state index in [-0.39, 0.29) is 28.1 Å². The molecule has 1 aromatic heterocycles. The number of aliphatic carboxylic acids is 1. The summed E-state index contributed by atoms with van der Waals surface area (Å²) in [7, 11) is 0. The van der Waals surface area contributed by atoms with Gasteiger partial charge in [0.1, 0.15) is 28.1 Å². The first-order valence-electron chi connectivity index (χ1n) is 8.13. The van der Waals surface area contributed by atoms with Crippen LogP contribution in [0.2, 0.25) is 20.1 Å². The number of nitrogens with zero attached hydrogens (tertiary/aromatic N) is 1. The number of aromatic nitrogens is 1. The van der Waals surface area contributed by atoms with E-state index in [1.165, 1.54) is 24.3 Å². The quantitative estimate of drug-likeness (QED) is 0.341. The standard InChI is InChI=1S/C19H11Cl4FN2O4/c20-9-3-8(4-10(21)5-9)12-6-11(1-2-13(12)27)30-17-15(22)18(24)26-19(16(17)23)25-7-14(28)29/h1-6,27H,7H2,(H,25,26)(H,28,29). The molecule has 6 nitrogen and oxygen atoms in total. The number of aromatic hydroxyl groups is 1. The van der Waals surface area contributed by atoms with Gasteiger partial charge in [0.2, 0.25) is 5.95 Å². The molecule has 0 spiro atoms. The van der Waals surface area contributed by atoms with E-state index in [1.54, 1.807) is 12.1 Å². The van der Waals surface area contributed by atoms with Gasteiger partial charge in [0, 0.05) is 15.6 Å². The van der Waals surface area contributed by atoms with Crippen LogP contribution in [0.3, 0.4) is 0 Å². The van der Waals surface area contributed by atoms with Crippen molar-refractivity contribution >= 4 is 58.2 Å². The van der Waals surface area contributed by atoms with Crippen LogP contribution in [-0.4, -0.2) is 27.7 Å². The van der Waals surface area contributed by atoms with Gasteiger partial charge >= 0.3 is 5.97 Å². The van der Waals surface area contributed by atoms with Crippen LogP contribution < -0.4 is 10.1 Å². The highest BCUT2D eigenvalue weighted by Crippen LogP contribution is 2.43. The van der Waals surface area contributed by atoms with Gasteiger partial charge in [-0.15, -0.1) is 0 Å². The zero-order valence-corrected chi connectivity index (χ0v) is 17.7. The third-order valence-electron chi connectivity index (χ3n) is 3.77. The summed E-state index contributed by atoms with van der Waals surface area (Å²) >= 11 is 24.1. The molecule has 0 saturated carbocycles. The number of hydrogen-bond donors (Lipinski definition) is 3. The molecule has 0 aliphatic rings. The molecule has 0 aliphatic heterocycles. The zero-order valence-electron chi connectivity index (χ0n) is 14.7. The fourth-order valence-corrected chi connectivity index (χ4v) is 3.49. The lowest BCUT2D eigenvalue weighted by atomic mass is 10.0. The van der Waals surface area contributed by atoms with Gasteiger partial charge in [0.05, 0.1) is 0 Å². The van der Waals surface area contributed by atoms with E-state index in [0.29, 0.717) is 21.2 Å². The van der Waals surface area contributed by atoms with Gasteiger partial charge in [0.15, 0.2) is 11.6 Å². The predicted octanol–water partition coefficient (Wildman–Crippen LogP) is 6.50. The molecule has 0 saturated heterocycles. The van der Waals surface area contributed by atoms with Crippen LogP contribution >= 0.6 is 46.4 Å². The molecule has 2 aromatic carbocycles. The fourth-order valence-electron chi connectivity index (χ4n) is 2.50. The molecule has 11 heteroatoms. The number of rotatable bonds is 6. The monoisotopic (exact) mass is 490 g/mol. The molecule has 156 valence electrons. The Morgan fingerprint density at radius 2 is 1.73 bits per heavy atom. The number of ether oxygens (including phenoxy) is 1. The van der Waals surface area contributed by atoms with Crippen LogP contribution in [0.5, 0.6) is 17.2 Å². The molecule has 0 radical (unpaired) electrons. The Labute approximate surface area is 189 Å². The molecule has 0 amide bonds. The average Bonchev–Trinajstić information content (AvgIpc) is 2.67. The largest absolute Gasteiger partial charge is 0.507 e. The smallest absolute Gasteiger partial charge is 0.322 e. The number of nitrogens with one attached hydrogen (secondary N) is 1. The van der Waals surface area contributed by atoms with E-state index in [4.69, 9.17) is 56.2 Å². The van der Waals surface area contributed by atoms with Crippen molar-refractivity contribution in [3.63, 3.8) is 0 Å². The second-order valence-electron chi connectivity index (χ2n) is 5.89. The van der Waals surface area contributed by atoms with E-state index < -0.39 is 23.5 Å². The first kappa shape index (κ1) is 22.2. The lowest BCUT2D eigenvalue weighted by Crippen LogP contribution is -2.14. The number of carbonyl (C=O) groups is 1. The minimum atomic E-state index is -1.20. The maximum atomic E-state index is 14.1. The number of halogens is 5. The first-order chi connectivity index (χ1) is 14.2. The van der Waals surface area contributed by atoms with Crippen LogP contribution in [0.25, 0.3) is 11.1 Å². The van der Waals surface area contributed by atoms with Gasteiger partial charge < -0.3 is 20.3 Å². The van der Waals surface area contributed by atoms with Crippen molar-refractivity contribution in [2.75, 3.05) is 11.9 Å². The van der Waals surface area contributed by atoms with Crippen LogP contribution in [-0.2, 0) is 4.79 Å². The van der Waals surface area contributed by atoms with Crippen LogP contribution in [0.15, 0.2) is 36.4 Å². The maximum Gasteiger partial charge on any atom is 0.322 e. The van der Waals surface area contributed by atoms with Crippen molar-refractivity contribution in [3.05, 3.63) is 62.4 Å². The SMILES string of the molecule is O=C(O)CNc1nc(F)c(Cl)c(Oc2ccc(O)c(-c3cc(Cl)cc(Cl)c3)c2)c1Cl. The number of hydrogen-bond acceptors (Lipinski definition) is 5. The molecule has 0 unspecified atom stereocenters. The second kappa shape index (κ2) is 9.14. The minimum Gasteiger partial charge on any atom is -0.507 e. The van der Waals surface area contributed by atoms with Crippen molar-refractivity contribution in [1.82, 2.24) is 4.98 Å². The summed E-state index contributed by atoms with van der Waals surface area (Å²) in [6, 6.07) is 8.92. The average molecular weight is 492 g/mol. The van der Waals surface area contributed by atoms with Crippen molar-refractivity contribution in [2.45, 2.75) is 0 Å². The summed E-state index contributed by atoms with van der Waals surface area (Å²) in [5.41, 5.74) is 0.847. The van der Waals surface area contributed by atoms with Gasteiger partial charge in [-0.25, -0.2) is 0 Å². The maximum absolute atomic E-state index is 14.1. The van der Waals surface area contributed by atoms with Crippen molar-refractivity contribution in [2.24, 2.45) is 0 Å². The van der Waals surface area contributed by atoms with Gasteiger partial charge in [-0.1, -0.05) is 46.4 Å². The molecule has 3 aromatic rings. The number of carboxylic acid groups (broad SMARTS) is 1. The molecule has 3 N–H and O–H groups in total. The fraction of sp³-hybridized carbons (Fsp3) is 0.0526. The molecule has 0 bridgehead atoms. The Hall–Kier alpha value is -2.45. The number of anilines is 1. The van der Waals surface area contributed by atoms with Gasteiger partial charge in [-0.2, -0.15) is 9.37 Å². The lowest BCUT2D eigenvalue weighted by Gasteiger charge is -2.15. The van der Waals surface area contributed by atoms with Crippen molar-refractivity contribution < 1.29 is 24.1 Å². The Bertz CT molecular complexity index is 1120. The Morgan fingerprint density at radius 3 is 2.37 bits per heavy atom. The summed E-state index contributed by atoms with van der Waals surface area (Å²) in [5.74, 6) is -2.77. The highest BCUT2D eigenvalue weighted by atomic mass is 35.5. The molecule has 0 aliphatic carbocycles. The highest BCUT2D eigenvalue weighted by molar-refractivity contribution is 6.38. The Balaban J connectivity index is 2.01. The number of carboxylic acids is 1. The van der Waals surface area contributed by atoms with Crippen LogP contribution in [0.1, 0.15) is 0 Å². The Kier molecular flexibility index (Phi) is 6.77. The first-order valence-corrected chi connectivity index (χ1v) is 9.64. The van der Waals surface area contributed by atoms with E-state index in [2.05, 4.69) is 10.3 Å². The van der Waals surface area contributed by atoms with E-state index >= 15 is 0 Å². The summed E-state index contributed by atoms with van der Waals surface area (Å²) in [6.45, 7) is -0.549. The van der Waals surface area contributed by atoms with E-state index in [9.17, 15) is 14.3 Å².